The van der Waals surface area contributed by atoms with Crippen LogP contribution >= 0.6 is 11.8 Å². The molecule has 0 aliphatic heterocycles. The van der Waals surface area contributed by atoms with Gasteiger partial charge in [0.25, 0.3) is 0 Å². The zero-order valence-corrected chi connectivity index (χ0v) is 17.9. The first-order valence-corrected chi connectivity index (χ1v) is 11.4. The lowest BCUT2D eigenvalue weighted by Gasteiger charge is -2.25. The molecule has 1 aromatic heterocycles. The van der Waals surface area contributed by atoms with Crippen molar-refractivity contribution in [1.29, 1.82) is 0 Å². The lowest BCUT2D eigenvalue weighted by atomic mass is 9.87. The molecular weight excluding hydrogens is 412 g/mol. The van der Waals surface area contributed by atoms with E-state index in [0.29, 0.717) is 24.5 Å². The summed E-state index contributed by atoms with van der Waals surface area (Å²) in [5.74, 6) is 0.505. The van der Waals surface area contributed by atoms with Crippen LogP contribution in [0.4, 0.5) is 0 Å². The van der Waals surface area contributed by atoms with Gasteiger partial charge in [0.05, 0.1) is 18.6 Å². The Kier molecular flexibility index (Phi) is 6.72. The fourth-order valence-electron chi connectivity index (χ4n) is 3.91. The molecule has 1 unspecified atom stereocenters. The molecule has 6 nitrogen and oxygen atoms in total. The van der Waals surface area contributed by atoms with E-state index in [1.54, 1.807) is 12.5 Å². The number of ether oxygens (including phenoxy) is 1. The van der Waals surface area contributed by atoms with Gasteiger partial charge in [0.2, 0.25) is 0 Å². The number of hydrogen-bond donors (Lipinski definition) is 1. The van der Waals surface area contributed by atoms with Crippen molar-refractivity contribution in [2.45, 2.75) is 37.7 Å². The van der Waals surface area contributed by atoms with Gasteiger partial charge in [-0.2, -0.15) is 0 Å². The van der Waals surface area contributed by atoms with Crippen LogP contribution in [0, 0.1) is 0 Å². The number of fused-ring (bicyclic) bond motifs is 1. The maximum atomic E-state index is 12.4. The summed E-state index contributed by atoms with van der Waals surface area (Å²) in [6, 6.07) is 13.7. The van der Waals surface area contributed by atoms with Crippen LogP contribution in [0.15, 0.2) is 61.2 Å². The van der Waals surface area contributed by atoms with Crippen molar-refractivity contribution in [3.8, 4) is 5.75 Å². The molecule has 31 heavy (non-hydrogen) atoms. The normalized spacial score (nSPS) is 14.1. The Bertz CT molecular complexity index is 1050. The number of aromatic nitrogens is 2. The molecule has 1 aliphatic carbocycles. The van der Waals surface area contributed by atoms with Gasteiger partial charge in [-0.3, -0.25) is 9.59 Å². The second kappa shape index (κ2) is 9.83. The Hall–Kier alpha value is -3.06. The molecule has 1 heterocycles. The number of rotatable bonds is 9. The first-order chi connectivity index (χ1) is 15.1. The quantitative estimate of drug-likeness (QED) is 0.530. The average molecular weight is 437 g/mol. The number of benzene rings is 2. The number of carboxylic acid groups (broad SMARTS) is 1. The Morgan fingerprint density at radius 1 is 1.19 bits per heavy atom. The summed E-state index contributed by atoms with van der Waals surface area (Å²) in [7, 11) is 0. The van der Waals surface area contributed by atoms with E-state index in [-0.39, 0.29) is 17.6 Å². The van der Waals surface area contributed by atoms with Crippen LogP contribution in [0.2, 0.25) is 0 Å². The fourth-order valence-corrected chi connectivity index (χ4v) is 4.70. The zero-order valence-electron chi connectivity index (χ0n) is 17.1. The highest BCUT2D eigenvalue weighted by atomic mass is 32.2. The van der Waals surface area contributed by atoms with Gasteiger partial charge in [-0.1, -0.05) is 30.3 Å². The predicted octanol–water partition coefficient (Wildman–Crippen LogP) is 4.54. The maximum Gasteiger partial charge on any atom is 0.313 e. The third-order valence-electron chi connectivity index (χ3n) is 5.37. The molecule has 7 heteroatoms. The number of carbonyl (C=O) groups is 2. The van der Waals surface area contributed by atoms with Gasteiger partial charge in [-0.25, -0.2) is 4.98 Å². The molecule has 1 aliphatic rings. The SMILES string of the molecule is O=C(O)CSCc1c(OC(Cn2ccnc2)c2ccccc2)ccc2c1CCCC2=O. The van der Waals surface area contributed by atoms with Crippen molar-refractivity contribution in [1.82, 2.24) is 9.55 Å². The van der Waals surface area contributed by atoms with E-state index in [0.717, 1.165) is 35.1 Å². The second-order valence-electron chi connectivity index (χ2n) is 7.51. The Morgan fingerprint density at radius 3 is 2.77 bits per heavy atom. The lowest BCUT2D eigenvalue weighted by Crippen LogP contribution is -2.18. The van der Waals surface area contributed by atoms with Crippen LogP contribution in [0.25, 0.3) is 0 Å². The van der Waals surface area contributed by atoms with E-state index in [4.69, 9.17) is 9.84 Å². The summed E-state index contributed by atoms with van der Waals surface area (Å²) in [5.41, 5.74) is 3.72. The van der Waals surface area contributed by atoms with E-state index < -0.39 is 5.97 Å². The van der Waals surface area contributed by atoms with E-state index in [2.05, 4.69) is 4.98 Å². The fraction of sp³-hybridized carbons (Fsp3) is 0.292. The zero-order chi connectivity index (χ0) is 21.6. The number of carbonyl (C=O) groups excluding carboxylic acids is 1. The Morgan fingerprint density at radius 2 is 2.03 bits per heavy atom. The molecule has 0 amide bonds. The van der Waals surface area contributed by atoms with Crippen molar-refractivity contribution < 1.29 is 19.4 Å². The highest BCUT2D eigenvalue weighted by molar-refractivity contribution is 7.99. The summed E-state index contributed by atoms with van der Waals surface area (Å²) in [5, 5.41) is 9.06. The van der Waals surface area contributed by atoms with E-state index in [1.165, 1.54) is 11.8 Å². The van der Waals surface area contributed by atoms with E-state index in [1.807, 2.05) is 53.2 Å². The third kappa shape index (κ3) is 5.17. The van der Waals surface area contributed by atoms with Crippen molar-refractivity contribution in [3.63, 3.8) is 0 Å². The maximum absolute atomic E-state index is 12.4. The number of nitrogens with zero attached hydrogens (tertiary/aromatic N) is 2. The molecule has 0 radical (unpaired) electrons. The number of ketones is 1. The number of carboxylic acids is 1. The molecule has 0 saturated carbocycles. The number of imidazole rings is 1. The minimum absolute atomic E-state index is 0.00814. The number of Topliss-reactive ketones (excluding diaryl/α,β-unsaturated/α-hetero) is 1. The van der Waals surface area contributed by atoms with Gasteiger partial charge < -0.3 is 14.4 Å². The van der Waals surface area contributed by atoms with Gasteiger partial charge in [0, 0.05) is 35.7 Å². The third-order valence-corrected chi connectivity index (χ3v) is 6.31. The van der Waals surface area contributed by atoms with Crippen molar-refractivity contribution in [3.05, 3.63) is 83.4 Å². The molecule has 160 valence electrons. The highest BCUT2D eigenvalue weighted by Crippen LogP contribution is 2.36. The molecule has 4 rings (SSSR count). The van der Waals surface area contributed by atoms with Crippen molar-refractivity contribution >= 4 is 23.5 Å². The summed E-state index contributed by atoms with van der Waals surface area (Å²) >= 11 is 1.32. The first-order valence-electron chi connectivity index (χ1n) is 10.3. The lowest BCUT2D eigenvalue weighted by molar-refractivity contribution is -0.133. The van der Waals surface area contributed by atoms with Crippen molar-refractivity contribution in [2.75, 3.05) is 5.75 Å². The molecule has 1 atom stereocenters. The van der Waals surface area contributed by atoms with E-state index >= 15 is 0 Å². The number of aliphatic carboxylic acids is 1. The minimum Gasteiger partial charge on any atom is -0.484 e. The molecule has 0 fully saturated rings. The van der Waals surface area contributed by atoms with Gasteiger partial charge in [0.1, 0.15) is 11.9 Å². The summed E-state index contributed by atoms with van der Waals surface area (Å²) < 4.78 is 8.51. The number of thioether (sulfide) groups is 1. The van der Waals surface area contributed by atoms with Gasteiger partial charge in [-0.05, 0) is 36.1 Å². The van der Waals surface area contributed by atoms with E-state index in [9.17, 15) is 9.59 Å². The topological polar surface area (TPSA) is 81.4 Å². The second-order valence-corrected chi connectivity index (χ2v) is 8.49. The number of hydrogen-bond acceptors (Lipinski definition) is 5. The summed E-state index contributed by atoms with van der Waals surface area (Å²) in [6.07, 6.45) is 7.31. The Labute approximate surface area is 185 Å². The monoisotopic (exact) mass is 436 g/mol. The minimum atomic E-state index is -0.851. The molecule has 0 spiro atoms. The van der Waals surface area contributed by atoms with Gasteiger partial charge in [0.15, 0.2) is 5.78 Å². The smallest absolute Gasteiger partial charge is 0.313 e. The molecule has 0 saturated heterocycles. The van der Waals surface area contributed by atoms with Crippen LogP contribution in [-0.4, -0.2) is 32.2 Å². The van der Waals surface area contributed by atoms with Crippen molar-refractivity contribution in [2.24, 2.45) is 0 Å². The van der Waals surface area contributed by atoms with Crippen LogP contribution in [0.3, 0.4) is 0 Å². The molecule has 2 aromatic carbocycles. The summed E-state index contributed by atoms with van der Waals surface area (Å²) in [4.78, 5) is 27.6. The first kappa shape index (κ1) is 21.2. The summed E-state index contributed by atoms with van der Waals surface area (Å²) in [6.45, 7) is 0.585. The van der Waals surface area contributed by atoms with Gasteiger partial charge >= 0.3 is 5.97 Å². The Balaban J connectivity index is 1.68. The van der Waals surface area contributed by atoms with Crippen LogP contribution in [-0.2, 0) is 23.5 Å². The standard InChI is InChI=1S/C24H24N2O4S/c27-21-8-4-7-18-19(21)9-10-22(20(18)14-31-15-24(28)29)30-23(13-26-12-11-25-16-26)17-5-2-1-3-6-17/h1-3,5-6,9-12,16,23H,4,7-8,13-15H2,(H,28,29). The van der Waals surface area contributed by atoms with Crippen LogP contribution in [0.5, 0.6) is 5.75 Å². The molecule has 0 bridgehead atoms. The average Bonchev–Trinajstić information content (AvgIpc) is 3.28. The predicted molar refractivity (Wildman–Crippen MR) is 120 cm³/mol. The van der Waals surface area contributed by atoms with Crippen LogP contribution in [0.1, 0.15) is 46.0 Å². The van der Waals surface area contributed by atoms with Gasteiger partial charge in [-0.15, -0.1) is 11.8 Å². The largest absolute Gasteiger partial charge is 0.484 e. The highest BCUT2D eigenvalue weighted by Gasteiger charge is 2.24. The molecule has 1 N–H and O–H groups in total. The molecular formula is C24H24N2O4S. The molecule has 3 aromatic rings. The van der Waals surface area contributed by atoms with Crippen LogP contribution < -0.4 is 4.74 Å².